The molecule has 0 fully saturated rings. The molecule has 7 nitrogen and oxygen atoms in total. The Bertz CT molecular complexity index is 503. The number of hydrogen-bond donors (Lipinski definition) is 2. The van der Waals surface area contributed by atoms with E-state index < -0.39 is 23.8 Å². The summed E-state index contributed by atoms with van der Waals surface area (Å²) in [7, 11) is 1.37. The van der Waals surface area contributed by atoms with Gasteiger partial charge in [0, 0.05) is 7.05 Å². The number of amides is 2. The third-order valence-electron chi connectivity index (χ3n) is 2.88. The van der Waals surface area contributed by atoms with Crippen molar-refractivity contribution in [3.05, 3.63) is 30.3 Å². The molecule has 0 aliphatic rings. The van der Waals surface area contributed by atoms with Crippen LogP contribution in [0.15, 0.2) is 30.3 Å². The number of carbonyl (C=O) groups is 3. The van der Waals surface area contributed by atoms with Crippen LogP contribution in [0.2, 0.25) is 0 Å². The molecule has 1 aromatic carbocycles. The Morgan fingerprint density at radius 2 is 1.90 bits per heavy atom. The summed E-state index contributed by atoms with van der Waals surface area (Å²) in [6.07, 6.45) is 0. The average molecular weight is 294 g/mol. The molecular weight excluding hydrogens is 276 g/mol. The largest absolute Gasteiger partial charge is 0.484 e. The molecule has 7 heteroatoms. The molecule has 0 aliphatic heterocycles. The highest BCUT2D eigenvalue weighted by molar-refractivity contribution is 5.88. The number of hydrogen-bond acceptors (Lipinski definition) is 4. The van der Waals surface area contributed by atoms with Gasteiger partial charge in [-0.15, -0.1) is 0 Å². The zero-order chi connectivity index (χ0) is 15.8. The van der Waals surface area contributed by atoms with Crippen LogP contribution in [0.25, 0.3) is 0 Å². The Hall–Kier alpha value is -2.57. The molecule has 1 unspecified atom stereocenters. The van der Waals surface area contributed by atoms with E-state index in [1.54, 1.807) is 24.3 Å². The van der Waals surface area contributed by atoms with Crippen LogP contribution < -0.4 is 10.1 Å². The molecule has 0 bridgehead atoms. The number of aliphatic carboxylic acids is 1. The van der Waals surface area contributed by atoms with Gasteiger partial charge in [-0.3, -0.25) is 9.59 Å². The lowest BCUT2D eigenvalue weighted by Crippen LogP contribution is -2.45. The number of rotatable bonds is 7. The summed E-state index contributed by atoms with van der Waals surface area (Å²) in [4.78, 5) is 35.0. The lowest BCUT2D eigenvalue weighted by molar-refractivity contribution is -0.148. The second kappa shape index (κ2) is 7.88. The zero-order valence-electron chi connectivity index (χ0n) is 11.9. The van der Waals surface area contributed by atoms with Crippen LogP contribution in [-0.4, -0.2) is 54.0 Å². The molecule has 114 valence electrons. The molecular formula is C14H18N2O5. The molecule has 1 atom stereocenters. The number of benzene rings is 1. The van der Waals surface area contributed by atoms with Crippen molar-refractivity contribution in [3.63, 3.8) is 0 Å². The monoisotopic (exact) mass is 294 g/mol. The normalized spacial score (nSPS) is 11.3. The van der Waals surface area contributed by atoms with Crippen LogP contribution in [0.3, 0.4) is 0 Å². The summed E-state index contributed by atoms with van der Waals surface area (Å²) >= 11 is 0. The van der Waals surface area contributed by atoms with E-state index >= 15 is 0 Å². The molecule has 1 aromatic rings. The second-order valence-corrected chi connectivity index (χ2v) is 4.40. The third-order valence-corrected chi connectivity index (χ3v) is 2.88. The summed E-state index contributed by atoms with van der Waals surface area (Å²) < 4.78 is 5.22. The van der Waals surface area contributed by atoms with E-state index in [9.17, 15) is 14.4 Å². The van der Waals surface area contributed by atoms with Crippen molar-refractivity contribution in [2.24, 2.45) is 0 Å². The van der Waals surface area contributed by atoms with Crippen LogP contribution in [-0.2, 0) is 14.4 Å². The van der Waals surface area contributed by atoms with E-state index in [-0.39, 0.29) is 13.2 Å². The summed E-state index contributed by atoms with van der Waals surface area (Å²) in [5.74, 6) is -1.50. The maximum atomic E-state index is 11.7. The van der Waals surface area contributed by atoms with Gasteiger partial charge in [-0.05, 0) is 19.1 Å². The molecule has 0 saturated heterocycles. The molecule has 0 radical (unpaired) electrons. The quantitative estimate of drug-likeness (QED) is 0.744. The number of carboxylic acids is 1. The van der Waals surface area contributed by atoms with Crippen LogP contribution in [0, 0.1) is 0 Å². The van der Waals surface area contributed by atoms with Gasteiger partial charge in [0.05, 0.1) is 6.54 Å². The number of carbonyl (C=O) groups excluding carboxylic acids is 2. The molecule has 21 heavy (non-hydrogen) atoms. The van der Waals surface area contributed by atoms with Crippen molar-refractivity contribution in [3.8, 4) is 5.75 Å². The van der Waals surface area contributed by atoms with Gasteiger partial charge in [0.2, 0.25) is 5.91 Å². The standard InChI is InChI=1S/C14H18N2O5/c1-10(14(19)20)16(2)13(18)8-15-12(17)9-21-11-6-4-3-5-7-11/h3-7,10H,8-9H2,1-2H3,(H,15,17)(H,19,20). The smallest absolute Gasteiger partial charge is 0.326 e. The first-order valence-electron chi connectivity index (χ1n) is 6.35. The molecule has 0 aliphatic carbocycles. The minimum absolute atomic E-state index is 0.213. The van der Waals surface area contributed by atoms with Gasteiger partial charge in [-0.1, -0.05) is 18.2 Å². The highest BCUT2D eigenvalue weighted by Gasteiger charge is 2.21. The Kier molecular flexibility index (Phi) is 6.19. The average Bonchev–Trinajstić information content (AvgIpc) is 2.49. The minimum atomic E-state index is -1.11. The lowest BCUT2D eigenvalue weighted by Gasteiger charge is -2.21. The predicted molar refractivity (Wildman–Crippen MR) is 74.8 cm³/mol. The Morgan fingerprint density at radius 3 is 2.48 bits per heavy atom. The van der Waals surface area contributed by atoms with Crippen molar-refractivity contribution in [1.82, 2.24) is 10.2 Å². The van der Waals surface area contributed by atoms with E-state index in [2.05, 4.69) is 5.32 Å². The van der Waals surface area contributed by atoms with E-state index in [1.165, 1.54) is 14.0 Å². The number of para-hydroxylation sites is 1. The summed E-state index contributed by atoms with van der Waals surface area (Å²) in [5, 5.41) is 11.2. The molecule has 2 amide bonds. The molecule has 2 N–H and O–H groups in total. The van der Waals surface area contributed by atoms with Gasteiger partial charge in [0.25, 0.3) is 5.91 Å². The molecule has 0 heterocycles. The lowest BCUT2D eigenvalue weighted by atomic mass is 10.3. The first-order chi connectivity index (χ1) is 9.91. The fourth-order valence-corrected chi connectivity index (χ4v) is 1.40. The van der Waals surface area contributed by atoms with Crippen molar-refractivity contribution in [2.45, 2.75) is 13.0 Å². The molecule has 1 rings (SSSR count). The summed E-state index contributed by atoms with van der Waals surface area (Å²) in [6, 6.07) is 7.85. The van der Waals surface area contributed by atoms with Gasteiger partial charge in [-0.25, -0.2) is 4.79 Å². The van der Waals surface area contributed by atoms with Gasteiger partial charge in [-0.2, -0.15) is 0 Å². The van der Waals surface area contributed by atoms with E-state index in [0.29, 0.717) is 5.75 Å². The van der Waals surface area contributed by atoms with Crippen molar-refractivity contribution in [2.75, 3.05) is 20.2 Å². The van der Waals surface area contributed by atoms with Crippen LogP contribution >= 0.6 is 0 Å². The van der Waals surface area contributed by atoms with Gasteiger partial charge in [0.1, 0.15) is 11.8 Å². The Labute approximate surface area is 122 Å². The van der Waals surface area contributed by atoms with Gasteiger partial charge >= 0.3 is 5.97 Å². The fraction of sp³-hybridized carbons (Fsp3) is 0.357. The van der Waals surface area contributed by atoms with Crippen LogP contribution in [0.1, 0.15) is 6.92 Å². The Morgan fingerprint density at radius 1 is 1.29 bits per heavy atom. The minimum Gasteiger partial charge on any atom is -0.484 e. The van der Waals surface area contributed by atoms with Crippen LogP contribution in [0.4, 0.5) is 0 Å². The van der Waals surface area contributed by atoms with Gasteiger partial charge in [0.15, 0.2) is 6.61 Å². The van der Waals surface area contributed by atoms with Crippen molar-refractivity contribution >= 4 is 17.8 Å². The first-order valence-corrected chi connectivity index (χ1v) is 6.35. The number of carboxylic acid groups (broad SMARTS) is 1. The maximum Gasteiger partial charge on any atom is 0.326 e. The number of nitrogens with zero attached hydrogens (tertiary/aromatic N) is 1. The second-order valence-electron chi connectivity index (χ2n) is 4.40. The van der Waals surface area contributed by atoms with Crippen molar-refractivity contribution < 1.29 is 24.2 Å². The SMILES string of the molecule is CC(C(=O)O)N(C)C(=O)CNC(=O)COc1ccccc1. The number of ether oxygens (including phenoxy) is 1. The number of nitrogens with one attached hydrogen (secondary N) is 1. The highest BCUT2D eigenvalue weighted by Crippen LogP contribution is 2.07. The zero-order valence-corrected chi connectivity index (χ0v) is 11.9. The number of likely N-dealkylation sites (N-methyl/N-ethyl adjacent to an activating group) is 1. The Balaban J connectivity index is 2.32. The van der Waals surface area contributed by atoms with Crippen LogP contribution in [0.5, 0.6) is 5.75 Å². The molecule has 0 aromatic heterocycles. The maximum absolute atomic E-state index is 11.7. The molecule has 0 spiro atoms. The first kappa shape index (κ1) is 16.5. The predicted octanol–water partition coefficient (Wildman–Crippen LogP) is 0.113. The summed E-state index contributed by atoms with van der Waals surface area (Å²) in [6.45, 7) is 0.904. The van der Waals surface area contributed by atoms with E-state index in [4.69, 9.17) is 9.84 Å². The van der Waals surface area contributed by atoms with E-state index in [1.807, 2.05) is 6.07 Å². The van der Waals surface area contributed by atoms with Crippen molar-refractivity contribution in [1.29, 1.82) is 0 Å². The third kappa shape index (κ3) is 5.52. The topological polar surface area (TPSA) is 95.9 Å². The highest BCUT2D eigenvalue weighted by atomic mass is 16.5. The van der Waals surface area contributed by atoms with E-state index in [0.717, 1.165) is 4.90 Å². The molecule has 0 saturated carbocycles. The summed E-state index contributed by atoms with van der Waals surface area (Å²) in [5.41, 5.74) is 0. The fourth-order valence-electron chi connectivity index (χ4n) is 1.40. The van der Waals surface area contributed by atoms with Gasteiger partial charge < -0.3 is 20.1 Å².